The molecule has 0 saturated heterocycles. The first kappa shape index (κ1) is 22.4. The molecule has 0 aromatic carbocycles. The summed E-state index contributed by atoms with van der Waals surface area (Å²) >= 11 is 0.731. The lowest BCUT2D eigenvalue weighted by molar-refractivity contribution is -0.116. The van der Waals surface area contributed by atoms with Gasteiger partial charge in [-0.2, -0.15) is 0 Å². The molecule has 4 N–H and O–H groups in total. The van der Waals surface area contributed by atoms with E-state index in [-0.39, 0.29) is 18.6 Å². The van der Waals surface area contributed by atoms with Crippen molar-refractivity contribution in [2.24, 2.45) is 23.2 Å². The third-order valence-electron chi connectivity index (χ3n) is 7.44. The number of aliphatic hydroxyl groups is 2. The number of aliphatic hydroxyl groups excluding tert-OH is 2. The molecule has 31 heavy (non-hydrogen) atoms. The van der Waals surface area contributed by atoms with Crippen LogP contribution in [0.3, 0.4) is 0 Å². The highest BCUT2D eigenvalue weighted by atomic mass is 32.1. The van der Waals surface area contributed by atoms with Crippen molar-refractivity contribution in [3.63, 3.8) is 0 Å². The first-order chi connectivity index (χ1) is 14.8. The molecule has 4 aliphatic carbocycles. The third-order valence-corrected chi connectivity index (χ3v) is 8.94. The molecular weight excluding hydrogens is 412 g/mol. The standard InChI is InChI=1S/C23H34N4O3S/c1-14(27(13-29)12-19-11-25-15(2)26-21(19)24)20(3-4-28)31-22(30)23-8-16-5-17(9-23)7-18(6-16)10-23/h11,13,16-18,28,30-31H,3-10,12H2,1-2H3,(H2,24,25,26). The molecule has 4 bridgehead atoms. The van der Waals surface area contributed by atoms with Gasteiger partial charge in [0.05, 0.1) is 11.6 Å². The summed E-state index contributed by atoms with van der Waals surface area (Å²) in [6.45, 7) is 3.86. The first-order valence-corrected chi connectivity index (χ1v) is 12.1. The van der Waals surface area contributed by atoms with Crippen LogP contribution in [-0.2, 0) is 11.3 Å². The van der Waals surface area contributed by atoms with Crippen LogP contribution >= 0.6 is 11.4 Å². The predicted molar refractivity (Wildman–Crippen MR) is 124 cm³/mol. The smallest absolute Gasteiger partial charge is 0.214 e. The topological polar surface area (TPSA) is 113 Å². The fraction of sp³-hybridized carbons (Fsp3) is 0.652. The van der Waals surface area contributed by atoms with Gasteiger partial charge in [0.2, 0.25) is 6.41 Å². The van der Waals surface area contributed by atoms with E-state index in [1.165, 1.54) is 19.3 Å². The molecule has 0 spiro atoms. The zero-order valence-electron chi connectivity index (χ0n) is 18.4. The van der Waals surface area contributed by atoms with Gasteiger partial charge >= 0.3 is 0 Å². The van der Waals surface area contributed by atoms with Gasteiger partial charge in [-0.1, -0.05) is 0 Å². The highest BCUT2D eigenvalue weighted by molar-refractivity contribution is 8.02. The van der Waals surface area contributed by atoms with Crippen molar-refractivity contribution in [3.05, 3.63) is 28.2 Å². The minimum absolute atomic E-state index is 0.0314. The summed E-state index contributed by atoms with van der Waals surface area (Å²) in [6.07, 6.45) is 10.0. The molecule has 1 aromatic heterocycles. The number of rotatable bonds is 8. The summed E-state index contributed by atoms with van der Waals surface area (Å²) < 4.78 is 0. The highest BCUT2D eigenvalue weighted by Gasteiger charge is 2.52. The Bertz CT molecular complexity index is 879. The second kappa shape index (κ2) is 9.00. The monoisotopic (exact) mass is 446 g/mol. The summed E-state index contributed by atoms with van der Waals surface area (Å²) in [5, 5.41) is 21.5. The number of hydrogen-bond acceptors (Lipinski definition) is 5. The fourth-order valence-corrected chi connectivity index (χ4v) is 7.54. The van der Waals surface area contributed by atoms with Crippen molar-refractivity contribution in [1.29, 1.82) is 0 Å². The van der Waals surface area contributed by atoms with E-state index < -0.39 is 0 Å². The maximum Gasteiger partial charge on any atom is 0.214 e. The minimum atomic E-state index is -0.0848. The molecule has 7 nitrogen and oxygen atoms in total. The number of amides is 1. The Balaban J connectivity index is 1.62. The van der Waals surface area contributed by atoms with Crippen LogP contribution < -0.4 is 5.73 Å². The van der Waals surface area contributed by atoms with Crippen LogP contribution in [0.4, 0.5) is 5.82 Å². The zero-order valence-corrected chi connectivity index (χ0v) is 19.3. The summed E-state index contributed by atoms with van der Waals surface area (Å²) in [4.78, 5) is 22.7. The molecule has 4 fully saturated rings. The van der Waals surface area contributed by atoms with Gasteiger partial charge in [0, 0.05) is 35.9 Å². The number of thiol groups is 1. The summed E-state index contributed by atoms with van der Waals surface area (Å²) in [5.74, 6) is 3.17. The van der Waals surface area contributed by atoms with Crippen molar-refractivity contribution in [2.45, 2.75) is 65.3 Å². The molecule has 8 heteroatoms. The first-order valence-electron chi connectivity index (χ1n) is 11.2. The van der Waals surface area contributed by atoms with E-state index in [2.05, 4.69) is 9.97 Å². The molecule has 0 aliphatic heterocycles. The van der Waals surface area contributed by atoms with E-state index in [9.17, 15) is 15.0 Å². The molecule has 1 aromatic rings. The van der Waals surface area contributed by atoms with Gasteiger partial charge in [-0.05, 0) is 75.0 Å². The number of carbonyl (C=O) groups is 1. The van der Waals surface area contributed by atoms with E-state index in [0.717, 1.165) is 65.4 Å². The lowest BCUT2D eigenvalue weighted by Crippen LogP contribution is -2.49. The molecule has 170 valence electrons. The molecule has 1 heterocycles. The van der Waals surface area contributed by atoms with E-state index in [4.69, 9.17) is 5.73 Å². The van der Waals surface area contributed by atoms with Crippen LogP contribution in [0.5, 0.6) is 0 Å². The van der Waals surface area contributed by atoms with Crippen LogP contribution in [-0.4, -0.2) is 43.1 Å². The van der Waals surface area contributed by atoms with Gasteiger partial charge in [0.25, 0.3) is 0 Å². The normalized spacial score (nSPS) is 30.6. The molecule has 0 radical (unpaired) electrons. The van der Waals surface area contributed by atoms with Crippen LogP contribution in [0.15, 0.2) is 16.8 Å². The maximum atomic E-state index is 11.9. The van der Waals surface area contributed by atoms with E-state index in [0.29, 0.717) is 28.7 Å². The van der Waals surface area contributed by atoms with Gasteiger partial charge < -0.3 is 20.8 Å². The number of hydrogen-bond donors (Lipinski definition) is 4. The minimum Gasteiger partial charge on any atom is -0.396 e. The second-order valence-corrected chi connectivity index (χ2v) is 10.9. The largest absolute Gasteiger partial charge is 0.396 e. The van der Waals surface area contributed by atoms with E-state index in [1.807, 2.05) is 6.92 Å². The predicted octanol–water partition coefficient (Wildman–Crippen LogP) is 3.31. The number of carbonyl (C=O) groups excluding carboxylic acids is 1. The molecule has 5 rings (SSSR count). The van der Waals surface area contributed by atoms with Crippen LogP contribution in [0, 0.1) is 30.1 Å². The van der Waals surface area contributed by atoms with E-state index in [1.54, 1.807) is 18.0 Å². The van der Waals surface area contributed by atoms with Gasteiger partial charge in [0.15, 0.2) is 0 Å². The Morgan fingerprint density at radius 3 is 2.42 bits per heavy atom. The lowest BCUT2D eigenvalue weighted by Gasteiger charge is -2.56. The highest BCUT2D eigenvalue weighted by Crippen LogP contribution is 2.60. The summed E-state index contributed by atoms with van der Waals surface area (Å²) in [7, 11) is 0. The molecular formula is C23H34N4O3S. The second-order valence-electron chi connectivity index (χ2n) is 9.70. The molecule has 0 unspecified atom stereocenters. The molecule has 1 amide bonds. The van der Waals surface area contributed by atoms with Gasteiger partial charge in [0.1, 0.15) is 11.6 Å². The van der Waals surface area contributed by atoms with Crippen molar-refractivity contribution in [2.75, 3.05) is 12.3 Å². The van der Waals surface area contributed by atoms with Crippen molar-refractivity contribution in [1.82, 2.24) is 14.9 Å². The van der Waals surface area contributed by atoms with Gasteiger partial charge in [-0.15, -0.1) is 11.4 Å². The SMILES string of the molecule is CC(=C(CCO)[SH]=C(O)C12CC3CC(CC(C3)C1)C2)N(C=O)Cc1cnc(C)nc1N. The average Bonchev–Trinajstić information content (AvgIpc) is 2.71. The van der Waals surface area contributed by atoms with Crippen molar-refractivity contribution >= 4 is 28.6 Å². The Kier molecular flexibility index (Phi) is 6.51. The van der Waals surface area contributed by atoms with Crippen molar-refractivity contribution in [3.8, 4) is 0 Å². The summed E-state index contributed by atoms with van der Waals surface area (Å²) in [6, 6.07) is 0. The van der Waals surface area contributed by atoms with E-state index >= 15 is 0 Å². The number of anilines is 1. The molecule has 4 aliphatic rings. The Labute approximate surface area is 187 Å². The van der Waals surface area contributed by atoms with Crippen LogP contribution in [0.1, 0.15) is 63.3 Å². The Hall–Kier alpha value is -1.77. The number of aromatic nitrogens is 2. The quantitative estimate of drug-likeness (QED) is 0.277. The number of nitrogens with zero attached hydrogens (tertiary/aromatic N) is 3. The summed E-state index contributed by atoms with van der Waals surface area (Å²) in [5.41, 5.74) is 7.34. The number of nitrogens with two attached hydrogens (primary N) is 1. The van der Waals surface area contributed by atoms with Gasteiger partial charge in [-0.25, -0.2) is 9.97 Å². The number of aryl methyl sites for hydroxylation is 1. The van der Waals surface area contributed by atoms with Crippen LogP contribution in [0.2, 0.25) is 0 Å². The number of nitrogen functional groups attached to an aromatic ring is 1. The fourth-order valence-electron chi connectivity index (χ4n) is 6.27. The lowest BCUT2D eigenvalue weighted by atomic mass is 9.50. The maximum absolute atomic E-state index is 11.9. The third kappa shape index (κ3) is 4.56. The Morgan fingerprint density at radius 1 is 1.29 bits per heavy atom. The van der Waals surface area contributed by atoms with Crippen LogP contribution in [0.25, 0.3) is 0 Å². The number of allylic oxidation sites excluding steroid dienone is 1. The zero-order chi connectivity index (χ0) is 22.2. The molecule has 0 atom stereocenters. The van der Waals surface area contributed by atoms with Gasteiger partial charge in [-0.3, -0.25) is 4.79 Å². The average molecular weight is 447 g/mol. The molecule has 4 saturated carbocycles. The Morgan fingerprint density at radius 2 is 1.90 bits per heavy atom. The van der Waals surface area contributed by atoms with Crippen molar-refractivity contribution < 1.29 is 15.0 Å².